The van der Waals surface area contributed by atoms with Gasteiger partial charge >= 0.3 is 5.97 Å². The Kier molecular flexibility index (Phi) is 3.43. The Morgan fingerprint density at radius 3 is 2.70 bits per heavy atom. The number of cyclic esters (lactones) is 1. The van der Waals surface area contributed by atoms with Crippen LogP contribution in [-0.4, -0.2) is 25.3 Å². The van der Waals surface area contributed by atoms with E-state index in [1.807, 2.05) is 6.07 Å². The summed E-state index contributed by atoms with van der Waals surface area (Å²) in [5.41, 5.74) is 2.05. The summed E-state index contributed by atoms with van der Waals surface area (Å²) in [5.74, 6) is -0.360. The number of esters is 1. The van der Waals surface area contributed by atoms with Crippen molar-refractivity contribution in [3.8, 4) is 11.5 Å². The molecule has 5 rings (SSSR count). The molecule has 6 nitrogen and oxygen atoms in total. The summed E-state index contributed by atoms with van der Waals surface area (Å²) in [6.07, 6.45) is 0.0735. The van der Waals surface area contributed by atoms with E-state index in [1.165, 1.54) is 23.1 Å². The molecule has 1 unspecified atom stereocenters. The molecule has 0 aromatic heterocycles. The minimum Gasteiger partial charge on any atom is -0.456 e. The number of nitrogens with zero attached hydrogens (tertiary/aromatic N) is 1. The SMILES string of the molecule is O=C1OCC2=C1C(c1ccc3c(c1)OCO3)CC(=O)N2c1cccc(F)c1. The average molecular weight is 367 g/mol. The first-order valence-corrected chi connectivity index (χ1v) is 8.50. The number of benzene rings is 2. The molecule has 1 amide bonds. The van der Waals surface area contributed by atoms with E-state index in [0.29, 0.717) is 28.5 Å². The number of ether oxygens (including phenoxy) is 3. The quantitative estimate of drug-likeness (QED) is 0.764. The van der Waals surface area contributed by atoms with Crippen LogP contribution in [0.15, 0.2) is 53.7 Å². The van der Waals surface area contributed by atoms with Crippen LogP contribution in [0.2, 0.25) is 0 Å². The van der Waals surface area contributed by atoms with Crippen molar-refractivity contribution in [2.75, 3.05) is 18.3 Å². The van der Waals surface area contributed by atoms with Gasteiger partial charge in [-0.05, 0) is 35.9 Å². The second-order valence-corrected chi connectivity index (χ2v) is 6.51. The van der Waals surface area contributed by atoms with Gasteiger partial charge in [0.2, 0.25) is 12.7 Å². The Balaban J connectivity index is 1.61. The highest BCUT2D eigenvalue weighted by atomic mass is 19.1. The van der Waals surface area contributed by atoms with Gasteiger partial charge in [0.15, 0.2) is 11.5 Å². The van der Waals surface area contributed by atoms with Gasteiger partial charge in [-0.25, -0.2) is 9.18 Å². The summed E-state index contributed by atoms with van der Waals surface area (Å²) in [7, 11) is 0. The van der Waals surface area contributed by atoms with Crippen LogP contribution >= 0.6 is 0 Å². The molecule has 3 aliphatic heterocycles. The van der Waals surface area contributed by atoms with Crippen LogP contribution in [0.25, 0.3) is 0 Å². The minimum atomic E-state index is -0.457. The third-order valence-corrected chi connectivity index (χ3v) is 4.98. The summed E-state index contributed by atoms with van der Waals surface area (Å²) in [4.78, 5) is 26.7. The summed E-state index contributed by atoms with van der Waals surface area (Å²) in [5, 5.41) is 0. The van der Waals surface area contributed by atoms with Crippen LogP contribution in [-0.2, 0) is 14.3 Å². The summed E-state index contributed by atoms with van der Waals surface area (Å²) < 4.78 is 29.6. The van der Waals surface area contributed by atoms with Crippen molar-refractivity contribution in [3.05, 3.63) is 65.1 Å². The lowest BCUT2D eigenvalue weighted by molar-refractivity contribution is -0.136. The molecule has 27 heavy (non-hydrogen) atoms. The van der Waals surface area contributed by atoms with Crippen LogP contribution in [0.1, 0.15) is 17.9 Å². The molecule has 7 heteroatoms. The largest absolute Gasteiger partial charge is 0.456 e. The fourth-order valence-corrected chi connectivity index (χ4v) is 3.78. The van der Waals surface area contributed by atoms with E-state index in [0.717, 1.165) is 5.56 Å². The van der Waals surface area contributed by atoms with Crippen molar-refractivity contribution in [3.63, 3.8) is 0 Å². The molecule has 0 fully saturated rings. The zero-order valence-electron chi connectivity index (χ0n) is 14.1. The second kappa shape index (κ2) is 5.84. The van der Waals surface area contributed by atoms with Gasteiger partial charge in [0.1, 0.15) is 12.4 Å². The molecule has 0 spiro atoms. The second-order valence-electron chi connectivity index (χ2n) is 6.51. The molecule has 0 saturated heterocycles. The van der Waals surface area contributed by atoms with E-state index >= 15 is 0 Å². The molecular formula is C20H14FNO5. The summed E-state index contributed by atoms with van der Waals surface area (Å²) >= 11 is 0. The Morgan fingerprint density at radius 1 is 1.00 bits per heavy atom. The fraction of sp³-hybridized carbons (Fsp3) is 0.200. The molecule has 0 radical (unpaired) electrons. The first-order chi connectivity index (χ1) is 13.1. The van der Waals surface area contributed by atoms with E-state index in [-0.39, 0.29) is 25.7 Å². The van der Waals surface area contributed by atoms with Crippen LogP contribution < -0.4 is 14.4 Å². The topological polar surface area (TPSA) is 65.1 Å². The van der Waals surface area contributed by atoms with Gasteiger partial charge in [0.05, 0.1) is 17.0 Å². The first kappa shape index (κ1) is 15.9. The predicted molar refractivity (Wildman–Crippen MR) is 91.8 cm³/mol. The van der Waals surface area contributed by atoms with E-state index < -0.39 is 17.7 Å². The van der Waals surface area contributed by atoms with Gasteiger partial charge in [-0.15, -0.1) is 0 Å². The minimum absolute atomic E-state index is 0.0164. The van der Waals surface area contributed by atoms with Gasteiger partial charge < -0.3 is 14.2 Å². The molecule has 3 heterocycles. The van der Waals surface area contributed by atoms with Crippen LogP contribution in [0.4, 0.5) is 10.1 Å². The average Bonchev–Trinajstić information content (AvgIpc) is 3.27. The van der Waals surface area contributed by atoms with Crippen molar-refractivity contribution in [1.82, 2.24) is 0 Å². The molecule has 2 aromatic rings. The summed E-state index contributed by atoms with van der Waals surface area (Å²) in [6.45, 7) is 0.128. The molecule has 0 aliphatic carbocycles. The standard InChI is InChI=1S/C20H14FNO5/c21-12-2-1-3-13(7-12)22-15-9-25-20(24)19(15)14(8-18(22)23)11-4-5-16-17(6-11)27-10-26-16/h1-7,14H,8-10H2. The van der Waals surface area contributed by atoms with Crippen molar-refractivity contribution < 1.29 is 28.2 Å². The number of carbonyl (C=O) groups excluding carboxylic acids is 2. The predicted octanol–water partition coefficient (Wildman–Crippen LogP) is 2.89. The molecule has 1 atom stereocenters. The molecule has 0 N–H and O–H groups in total. The van der Waals surface area contributed by atoms with Gasteiger partial charge in [-0.2, -0.15) is 0 Å². The number of carbonyl (C=O) groups is 2. The van der Waals surface area contributed by atoms with Gasteiger partial charge in [0.25, 0.3) is 0 Å². The third kappa shape index (κ3) is 2.46. The number of hydrogen-bond donors (Lipinski definition) is 0. The van der Waals surface area contributed by atoms with Crippen molar-refractivity contribution in [1.29, 1.82) is 0 Å². The number of anilines is 1. The van der Waals surface area contributed by atoms with Crippen molar-refractivity contribution in [2.24, 2.45) is 0 Å². The van der Waals surface area contributed by atoms with Crippen molar-refractivity contribution >= 4 is 17.6 Å². The van der Waals surface area contributed by atoms with Gasteiger partial charge in [0, 0.05) is 12.3 Å². The Bertz CT molecular complexity index is 1020. The lowest BCUT2D eigenvalue weighted by Gasteiger charge is -2.31. The molecule has 0 bridgehead atoms. The molecule has 3 aliphatic rings. The monoisotopic (exact) mass is 367 g/mol. The fourth-order valence-electron chi connectivity index (χ4n) is 3.78. The number of rotatable bonds is 2. The molecular weight excluding hydrogens is 353 g/mol. The highest BCUT2D eigenvalue weighted by molar-refractivity contribution is 6.06. The smallest absolute Gasteiger partial charge is 0.336 e. The first-order valence-electron chi connectivity index (χ1n) is 8.50. The van der Waals surface area contributed by atoms with Gasteiger partial charge in [-0.1, -0.05) is 12.1 Å². The zero-order chi connectivity index (χ0) is 18.5. The number of amides is 1. The summed E-state index contributed by atoms with van der Waals surface area (Å²) in [6, 6.07) is 11.1. The van der Waals surface area contributed by atoms with E-state index in [4.69, 9.17) is 14.2 Å². The molecule has 136 valence electrons. The third-order valence-electron chi connectivity index (χ3n) is 4.98. The number of hydrogen-bond acceptors (Lipinski definition) is 5. The van der Waals surface area contributed by atoms with E-state index in [9.17, 15) is 14.0 Å². The van der Waals surface area contributed by atoms with Crippen LogP contribution in [0.3, 0.4) is 0 Å². The highest BCUT2D eigenvalue weighted by Gasteiger charge is 2.43. The van der Waals surface area contributed by atoms with E-state index in [1.54, 1.807) is 18.2 Å². The van der Waals surface area contributed by atoms with E-state index in [2.05, 4.69) is 0 Å². The number of fused-ring (bicyclic) bond motifs is 1. The molecule has 0 saturated carbocycles. The molecule has 2 aromatic carbocycles. The highest BCUT2D eigenvalue weighted by Crippen LogP contribution is 2.44. The maximum Gasteiger partial charge on any atom is 0.336 e. The maximum absolute atomic E-state index is 13.7. The van der Waals surface area contributed by atoms with Crippen LogP contribution in [0, 0.1) is 5.82 Å². The zero-order valence-corrected chi connectivity index (χ0v) is 14.1. The van der Waals surface area contributed by atoms with Crippen molar-refractivity contribution in [2.45, 2.75) is 12.3 Å². The van der Waals surface area contributed by atoms with Gasteiger partial charge in [-0.3, -0.25) is 9.69 Å². The normalized spacial score (nSPS) is 20.8. The Morgan fingerprint density at radius 2 is 1.85 bits per heavy atom. The van der Waals surface area contributed by atoms with Crippen LogP contribution in [0.5, 0.6) is 11.5 Å². The Hall–Kier alpha value is -3.35. The lowest BCUT2D eigenvalue weighted by Crippen LogP contribution is -2.37. The lowest BCUT2D eigenvalue weighted by atomic mass is 9.84. The Labute approximate surface area is 153 Å². The maximum atomic E-state index is 13.7. The number of halogens is 1.